The average Bonchev–Trinajstić information content (AvgIpc) is 2.58. The molecule has 0 radical (unpaired) electrons. The first-order valence-corrected chi connectivity index (χ1v) is 8.79. The van der Waals surface area contributed by atoms with Crippen molar-refractivity contribution in [3.63, 3.8) is 0 Å². The van der Waals surface area contributed by atoms with Gasteiger partial charge in [-0.15, -0.1) is 0 Å². The van der Waals surface area contributed by atoms with Crippen molar-refractivity contribution in [1.29, 1.82) is 0 Å². The molecule has 0 bridgehead atoms. The average molecular weight is 379 g/mol. The summed E-state index contributed by atoms with van der Waals surface area (Å²) in [5, 5.41) is 3.62. The molecule has 2 aromatic rings. The first kappa shape index (κ1) is 19.3. The quantitative estimate of drug-likeness (QED) is 0.758. The van der Waals surface area contributed by atoms with E-state index in [1.807, 2.05) is 0 Å². The molecule has 0 aromatic heterocycles. The molecule has 0 fully saturated rings. The molecule has 0 aliphatic heterocycles. The highest BCUT2D eigenvalue weighted by atomic mass is 35.5. The predicted octanol–water partition coefficient (Wildman–Crippen LogP) is 5.12. The molecule has 2 amide bonds. The fourth-order valence-electron chi connectivity index (χ4n) is 2.31. The number of anilines is 1. The van der Waals surface area contributed by atoms with Crippen molar-refractivity contribution in [2.24, 2.45) is 0 Å². The predicted molar refractivity (Wildman–Crippen MR) is 103 cm³/mol. The van der Waals surface area contributed by atoms with E-state index in [4.69, 9.17) is 23.2 Å². The fourth-order valence-corrected chi connectivity index (χ4v) is 2.84. The smallest absolute Gasteiger partial charge is 0.255 e. The van der Waals surface area contributed by atoms with Crippen LogP contribution in [-0.4, -0.2) is 30.3 Å². The fraction of sp³-hybridized carbons (Fsp3) is 0.263. The zero-order valence-electron chi connectivity index (χ0n) is 14.2. The van der Waals surface area contributed by atoms with Gasteiger partial charge < -0.3 is 10.2 Å². The van der Waals surface area contributed by atoms with Gasteiger partial charge in [0.2, 0.25) is 0 Å². The van der Waals surface area contributed by atoms with Gasteiger partial charge in [0.1, 0.15) is 0 Å². The summed E-state index contributed by atoms with van der Waals surface area (Å²) in [6, 6.07) is 11.4. The van der Waals surface area contributed by atoms with Gasteiger partial charge in [0.05, 0.1) is 0 Å². The molecule has 0 atom stereocenters. The molecular weight excluding hydrogens is 359 g/mol. The van der Waals surface area contributed by atoms with Crippen LogP contribution in [0.25, 0.3) is 0 Å². The van der Waals surface area contributed by atoms with E-state index < -0.39 is 0 Å². The number of carbonyl (C=O) groups excluding carboxylic acids is 2. The summed E-state index contributed by atoms with van der Waals surface area (Å²) >= 11 is 11.8. The van der Waals surface area contributed by atoms with Crippen LogP contribution in [0.3, 0.4) is 0 Å². The largest absolute Gasteiger partial charge is 0.342 e. The lowest BCUT2D eigenvalue weighted by molar-refractivity contribution is 0.0792. The first-order valence-electron chi connectivity index (χ1n) is 8.03. The maximum atomic E-state index is 12.3. The Morgan fingerprint density at radius 3 is 2.12 bits per heavy atom. The van der Waals surface area contributed by atoms with Crippen molar-refractivity contribution in [3.8, 4) is 0 Å². The maximum absolute atomic E-state index is 12.3. The molecule has 0 unspecified atom stereocenters. The molecule has 2 rings (SSSR count). The number of hydrogen-bond donors (Lipinski definition) is 1. The molecule has 132 valence electrons. The van der Waals surface area contributed by atoms with Gasteiger partial charge in [-0.1, -0.05) is 36.5 Å². The van der Waals surface area contributed by atoms with E-state index in [0.29, 0.717) is 33.4 Å². The Morgan fingerprint density at radius 2 is 1.56 bits per heavy atom. The minimum Gasteiger partial charge on any atom is -0.342 e. The van der Waals surface area contributed by atoms with E-state index in [2.05, 4.69) is 12.2 Å². The number of amides is 2. The number of unbranched alkanes of at least 4 members (excludes halogenated alkanes) is 1. The number of nitrogens with one attached hydrogen (secondary N) is 1. The van der Waals surface area contributed by atoms with Crippen LogP contribution in [0, 0.1) is 0 Å². The summed E-state index contributed by atoms with van der Waals surface area (Å²) in [6.45, 7) is 2.80. The lowest BCUT2D eigenvalue weighted by atomic mass is 10.1. The van der Waals surface area contributed by atoms with Crippen LogP contribution in [0.1, 0.15) is 40.5 Å². The lowest BCUT2D eigenvalue weighted by Gasteiger charge is -2.16. The van der Waals surface area contributed by atoms with Crippen molar-refractivity contribution >= 4 is 40.7 Å². The minimum atomic E-state index is -0.295. The van der Waals surface area contributed by atoms with Crippen molar-refractivity contribution in [2.75, 3.05) is 18.9 Å². The zero-order chi connectivity index (χ0) is 18.4. The number of nitrogens with zero attached hydrogens (tertiary/aromatic N) is 1. The highest BCUT2D eigenvalue weighted by Gasteiger charge is 2.13. The summed E-state index contributed by atoms with van der Waals surface area (Å²) < 4.78 is 0. The summed E-state index contributed by atoms with van der Waals surface area (Å²) in [5.74, 6) is -0.348. The molecule has 0 aliphatic carbocycles. The second-order valence-electron chi connectivity index (χ2n) is 5.77. The van der Waals surface area contributed by atoms with Gasteiger partial charge >= 0.3 is 0 Å². The number of rotatable bonds is 6. The van der Waals surface area contributed by atoms with Gasteiger partial charge in [0.25, 0.3) is 11.8 Å². The molecule has 0 spiro atoms. The minimum absolute atomic E-state index is 0.0537. The second-order valence-corrected chi connectivity index (χ2v) is 6.64. The Labute approximate surface area is 157 Å². The first-order chi connectivity index (χ1) is 11.9. The van der Waals surface area contributed by atoms with Gasteiger partial charge in [-0.05, 0) is 48.9 Å². The Bertz CT molecular complexity index is 740. The standard InChI is InChI=1S/C19H20Cl2N2O2/c1-3-4-9-23(2)19(25)14-7-5-13(6-8-14)18(24)22-17-11-15(20)10-16(21)12-17/h5-8,10-12H,3-4,9H2,1-2H3,(H,22,24). The van der Waals surface area contributed by atoms with Crippen LogP contribution in [0.15, 0.2) is 42.5 Å². The molecule has 4 nitrogen and oxygen atoms in total. The number of benzene rings is 2. The summed E-state index contributed by atoms with van der Waals surface area (Å²) in [4.78, 5) is 26.3. The third-order valence-corrected chi connectivity index (χ3v) is 4.14. The maximum Gasteiger partial charge on any atom is 0.255 e. The third-order valence-electron chi connectivity index (χ3n) is 3.71. The Balaban J connectivity index is 2.06. The molecule has 0 saturated carbocycles. The monoisotopic (exact) mass is 378 g/mol. The summed E-state index contributed by atoms with van der Waals surface area (Å²) in [6.07, 6.45) is 2.00. The van der Waals surface area contributed by atoms with Gasteiger partial charge in [-0.3, -0.25) is 9.59 Å². The molecule has 0 saturated heterocycles. The molecule has 1 N–H and O–H groups in total. The highest BCUT2D eigenvalue weighted by molar-refractivity contribution is 6.35. The molecular formula is C19H20Cl2N2O2. The van der Waals surface area contributed by atoms with Gasteiger partial charge in [0.15, 0.2) is 0 Å². The van der Waals surface area contributed by atoms with Gasteiger partial charge in [0, 0.05) is 40.5 Å². The van der Waals surface area contributed by atoms with Crippen LogP contribution >= 0.6 is 23.2 Å². The zero-order valence-corrected chi connectivity index (χ0v) is 15.7. The van der Waals surface area contributed by atoms with Crippen molar-refractivity contribution < 1.29 is 9.59 Å². The van der Waals surface area contributed by atoms with Crippen LogP contribution < -0.4 is 5.32 Å². The molecule has 2 aromatic carbocycles. The van der Waals surface area contributed by atoms with Gasteiger partial charge in [-0.25, -0.2) is 0 Å². The summed E-state index contributed by atoms with van der Waals surface area (Å²) in [5.41, 5.74) is 1.52. The van der Waals surface area contributed by atoms with Gasteiger partial charge in [-0.2, -0.15) is 0 Å². The Morgan fingerprint density at radius 1 is 1.00 bits per heavy atom. The molecule has 0 heterocycles. The normalized spacial score (nSPS) is 10.4. The van der Waals surface area contributed by atoms with Crippen LogP contribution in [-0.2, 0) is 0 Å². The van der Waals surface area contributed by atoms with E-state index in [1.54, 1.807) is 54.4 Å². The molecule has 0 aliphatic rings. The topological polar surface area (TPSA) is 49.4 Å². The molecule has 6 heteroatoms. The van der Waals surface area contributed by atoms with E-state index in [-0.39, 0.29) is 11.8 Å². The number of hydrogen-bond acceptors (Lipinski definition) is 2. The van der Waals surface area contributed by atoms with Crippen molar-refractivity contribution in [1.82, 2.24) is 4.90 Å². The molecule has 25 heavy (non-hydrogen) atoms. The van der Waals surface area contributed by atoms with E-state index in [9.17, 15) is 9.59 Å². The van der Waals surface area contributed by atoms with E-state index in [1.165, 1.54) is 0 Å². The van der Waals surface area contributed by atoms with Crippen molar-refractivity contribution in [3.05, 3.63) is 63.6 Å². The number of halogens is 2. The Hall–Kier alpha value is -2.04. The van der Waals surface area contributed by atoms with Crippen LogP contribution in [0.2, 0.25) is 10.0 Å². The van der Waals surface area contributed by atoms with E-state index in [0.717, 1.165) is 12.8 Å². The lowest BCUT2D eigenvalue weighted by Crippen LogP contribution is -2.27. The summed E-state index contributed by atoms with van der Waals surface area (Å²) in [7, 11) is 1.78. The van der Waals surface area contributed by atoms with E-state index >= 15 is 0 Å². The van der Waals surface area contributed by atoms with Crippen LogP contribution in [0.5, 0.6) is 0 Å². The highest BCUT2D eigenvalue weighted by Crippen LogP contribution is 2.23. The van der Waals surface area contributed by atoms with Crippen LogP contribution in [0.4, 0.5) is 5.69 Å². The Kier molecular flexibility index (Phi) is 6.85. The second kappa shape index (κ2) is 8.88. The SMILES string of the molecule is CCCCN(C)C(=O)c1ccc(C(=O)Nc2cc(Cl)cc(Cl)c2)cc1. The number of carbonyl (C=O) groups is 2. The van der Waals surface area contributed by atoms with Crippen molar-refractivity contribution in [2.45, 2.75) is 19.8 Å². The third kappa shape index (κ3) is 5.48.